The second kappa shape index (κ2) is 6.13. The third-order valence-corrected chi connectivity index (χ3v) is 3.92. The summed E-state index contributed by atoms with van der Waals surface area (Å²) in [6.07, 6.45) is 13.2. The molecule has 24 heavy (non-hydrogen) atoms. The molecule has 0 unspecified atom stereocenters. The van der Waals surface area contributed by atoms with E-state index in [1.54, 1.807) is 12.4 Å². The molecule has 4 heteroatoms. The van der Waals surface area contributed by atoms with Crippen molar-refractivity contribution in [2.75, 3.05) is 5.32 Å². The zero-order chi connectivity index (χ0) is 16.4. The first-order chi connectivity index (χ1) is 11.8. The van der Waals surface area contributed by atoms with Crippen LogP contribution in [0, 0.1) is 12.3 Å². The van der Waals surface area contributed by atoms with Crippen LogP contribution in [0.3, 0.4) is 0 Å². The minimum atomic E-state index is 0.527. The zero-order valence-electron chi connectivity index (χ0n) is 13.1. The van der Waals surface area contributed by atoms with Gasteiger partial charge in [-0.2, -0.15) is 0 Å². The third-order valence-electron chi connectivity index (χ3n) is 3.92. The second-order valence-corrected chi connectivity index (χ2v) is 5.87. The fraction of sp³-hybridized carbons (Fsp3) is 0.150. The first-order valence-corrected chi connectivity index (χ1v) is 7.94. The van der Waals surface area contributed by atoms with E-state index in [0.29, 0.717) is 6.04 Å². The molecule has 0 radical (unpaired) electrons. The predicted octanol–water partition coefficient (Wildman–Crippen LogP) is 3.76. The van der Waals surface area contributed by atoms with E-state index in [9.17, 15) is 0 Å². The van der Waals surface area contributed by atoms with Crippen molar-refractivity contribution in [3.63, 3.8) is 0 Å². The Morgan fingerprint density at radius 1 is 1.04 bits per heavy atom. The minimum absolute atomic E-state index is 0.527. The lowest BCUT2D eigenvalue weighted by Gasteiger charge is -2.10. The molecule has 3 aromatic heterocycles. The van der Waals surface area contributed by atoms with Crippen molar-refractivity contribution in [1.29, 1.82) is 0 Å². The van der Waals surface area contributed by atoms with Crippen LogP contribution < -0.4 is 5.32 Å². The SMILES string of the molecule is C#Cc1cncc(-c2cc(NC3CC3)nc(-c3ccccn3)c2)c1. The molecular weight excluding hydrogens is 296 g/mol. The Hall–Kier alpha value is -3.19. The number of pyridine rings is 3. The first kappa shape index (κ1) is 14.4. The lowest BCUT2D eigenvalue weighted by Crippen LogP contribution is -2.04. The molecule has 0 aromatic carbocycles. The van der Waals surface area contributed by atoms with Crippen molar-refractivity contribution in [1.82, 2.24) is 15.0 Å². The number of aromatic nitrogens is 3. The maximum atomic E-state index is 5.50. The van der Waals surface area contributed by atoms with Crippen LogP contribution in [0.25, 0.3) is 22.5 Å². The van der Waals surface area contributed by atoms with Gasteiger partial charge in [-0.25, -0.2) is 4.98 Å². The molecule has 116 valence electrons. The van der Waals surface area contributed by atoms with Gasteiger partial charge in [-0.3, -0.25) is 9.97 Å². The van der Waals surface area contributed by atoms with E-state index in [1.165, 1.54) is 12.8 Å². The van der Waals surface area contributed by atoms with Crippen molar-refractivity contribution in [2.24, 2.45) is 0 Å². The molecule has 0 amide bonds. The Kier molecular flexibility index (Phi) is 3.68. The largest absolute Gasteiger partial charge is 0.367 e. The molecule has 4 rings (SSSR count). The summed E-state index contributed by atoms with van der Waals surface area (Å²) in [4.78, 5) is 13.4. The molecular formula is C20H16N4. The van der Waals surface area contributed by atoms with Gasteiger partial charge in [0.2, 0.25) is 0 Å². The molecule has 0 aliphatic heterocycles. The average Bonchev–Trinajstić information content (AvgIpc) is 3.46. The fourth-order valence-electron chi connectivity index (χ4n) is 2.53. The molecule has 0 spiro atoms. The van der Waals surface area contributed by atoms with Gasteiger partial charge in [-0.15, -0.1) is 6.42 Å². The summed E-state index contributed by atoms with van der Waals surface area (Å²) < 4.78 is 0. The highest BCUT2D eigenvalue weighted by Crippen LogP contribution is 2.30. The number of anilines is 1. The smallest absolute Gasteiger partial charge is 0.127 e. The highest BCUT2D eigenvalue weighted by molar-refractivity contribution is 5.73. The molecule has 1 aliphatic rings. The van der Waals surface area contributed by atoms with Gasteiger partial charge in [-0.1, -0.05) is 12.0 Å². The zero-order valence-corrected chi connectivity index (χ0v) is 13.1. The van der Waals surface area contributed by atoms with E-state index in [-0.39, 0.29) is 0 Å². The van der Waals surface area contributed by atoms with Crippen molar-refractivity contribution in [2.45, 2.75) is 18.9 Å². The van der Waals surface area contributed by atoms with E-state index in [0.717, 1.165) is 33.9 Å². The van der Waals surface area contributed by atoms with Crippen molar-refractivity contribution < 1.29 is 0 Å². The molecule has 1 aliphatic carbocycles. The molecule has 1 fully saturated rings. The molecule has 1 saturated carbocycles. The Bertz CT molecular complexity index is 908. The van der Waals surface area contributed by atoms with Crippen LogP contribution in [0.2, 0.25) is 0 Å². The Labute approximate surface area is 141 Å². The molecule has 0 atom stereocenters. The molecule has 0 bridgehead atoms. The number of nitrogens with one attached hydrogen (secondary N) is 1. The van der Waals surface area contributed by atoms with Gasteiger partial charge in [0.05, 0.1) is 11.4 Å². The average molecular weight is 312 g/mol. The summed E-state index contributed by atoms with van der Waals surface area (Å²) in [5, 5.41) is 3.47. The van der Waals surface area contributed by atoms with Crippen molar-refractivity contribution in [3.8, 4) is 34.9 Å². The van der Waals surface area contributed by atoms with Gasteiger partial charge in [0.15, 0.2) is 0 Å². The normalized spacial score (nSPS) is 13.3. The lowest BCUT2D eigenvalue weighted by atomic mass is 10.0. The third kappa shape index (κ3) is 3.11. The van der Waals surface area contributed by atoms with E-state index in [2.05, 4.69) is 21.2 Å². The van der Waals surface area contributed by atoms with Crippen LogP contribution in [0.1, 0.15) is 18.4 Å². The maximum Gasteiger partial charge on any atom is 0.127 e. The van der Waals surface area contributed by atoms with Crippen molar-refractivity contribution in [3.05, 3.63) is 60.6 Å². The van der Waals surface area contributed by atoms with E-state index >= 15 is 0 Å². The quantitative estimate of drug-likeness (QED) is 0.745. The Morgan fingerprint density at radius 3 is 2.71 bits per heavy atom. The maximum absolute atomic E-state index is 5.50. The number of nitrogens with zero attached hydrogens (tertiary/aromatic N) is 3. The van der Waals surface area contributed by atoms with Gasteiger partial charge in [0.25, 0.3) is 0 Å². The van der Waals surface area contributed by atoms with E-state index < -0.39 is 0 Å². The van der Waals surface area contributed by atoms with Gasteiger partial charge in [0, 0.05) is 35.8 Å². The van der Waals surface area contributed by atoms with Crippen molar-refractivity contribution >= 4 is 5.82 Å². The standard InChI is InChI=1S/C20H16N4/c1-2-14-9-16(13-21-12-14)15-10-19(18-5-3-4-8-22-18)24-20(11-15)23-17-6-7-17/h1,3-5,8-13,17H,6-7H2,(H,23,24). The molecule has 3 heterocycles. The number of rotatable bonds is 4. The first-order valence-electron chi connectivity index (χ1n) is 7.94. The molecule has 1 N–H and O–H groups in total. The van der Waals surface area contributed by atoms with Crippen LogP contribution in [-0.2, 0) is 0 Å². The monoisotopic (exact) mass is 312 g/mol. The van der Waals surface area contributed by atoms with Gasteiger partial charge < -0.3 is 5.32 Å². The number of terminal acetylenes is 1. The molecule has 4 nitrogen and oxygen atoms in total. The minimum Gasteiger partial charge on any atom is -0.367 e. The Morgan fingerprint density at radius 2 is 1.96 bits per heavy atom. The summed E-state index contributed by atoms with van der Waals surface area (Å²) in [5.41, 5.74) is 4.45. The topological polar surface area (TPSA) is 50.7 Å². The van der Waals surface area contributed by atoms with Crippen LogP contribution in [-0.4, -0.2) is 21.0 Å². The van der Waals surface area contributed by atoms with Crippen LogP contribution in [0.15, 0.2) is 55.0 Å². The van der Waals surface area contributed by atoms with Gasteiger partial charge >= 0.3 is 0 Å². The van der Waals surface area contributed by atoms with Gasteiger partial charge in [0.1, 0.15) is 5.82 Å². The van der Waals surface area contributed by atoms with E-state index in [1.807, 2.05) is 42.6 Å². The lowest BCUT2D eigenvalue weighted by molar-refractivity contribution is 1.11. The van der Waals surface area contributed by atoms with Gasteiger partial charge in [-0.05, 0) is 48.7 Å². The van der Waals surface area contributed by atoms with Crippen LogP contribution in [0.5, 0.6) is 0 Å². The molecule has 0 saturated heterocycles. The number of hydrogen-bond donors (Lipinski definition) is 1. The summed E-state index contributed by atoms with van der Waals surface area (Å²) in [6.45, 7) is 0. The highest BCUT2D eigenvalue weighted by Gasteiger charge is 2.22. The molecule has 3 aromatic rings. The number of hydrogen-bond acceptors (Lipinski definition) is 4. The second-order valence-electron chi connectivity index (χ2n) is 5.87. The predicted molar refractivity (Wildman–Crippen MR) is 95.3 cm³/mol. The van der Waals surface area contributed by atoms with E-state index in [4.69, 9.17) is 11.4 Å². The summed E-state index contributed by atoms with van der Waals surface area (Å²) in [6, 6.07) is 12.4. The highest BCUT2D eigenvalue weighted by atomic mass is 15.0. The van der Waals surface area contributed by atoms with Crippen LogP contribution >= 0.6 is 0 Å². The fourth-order valence-corrected chi connectivity index (χ4v) is 2.53. The summed E-state index contributed by atoms with van der Waals surface area (Å²) in [7, 11) is 0. The Balaban J connectivity index is 1.81. The summed E-state index contributed by atoms with van der Waals surface area (Å²) in [5.74, 6) is 3.50. The van der Waals surface area contributed by atoms with Crippen LogP contribution in [0.4, 0.5) is 5.82 Å². The summed E-state index contributed by atoms with van der Waals surface area (Å²) >= 11 is 0.